The molecular formula is C19H24N4O3. The van der Waals surface area contributed by atoms with E-state index in [0.717, 1.165) is 5.69 Å². The Balaban J connectivity index is 1.50. The van der Waals surface area contributed by atoms with Crippen molar-refractivity contribution < 1.29 is 14.1 Å². The van der Waals surface area contributed by atoms with Gasteiger partial charge in [0.05, 0.1) is 5.92 Å². The highest BCUT2D eigenvalue weighted by Gasteiger charge is 2.34. The van der Waals surface area contributed by atoms with Gasteiger partial charge in [0, 0.05) is 37.0 Å². The summed E-state index contributed by atoms with van der Waals surface area (Å²) in [6, 6.07) is 9.42. The Kier molecular flexibility index (Phi) is 5.06. The number of carbonyl (C=O) groups excluding carboxylic acids is 2. The number of rotatable bonds is 5. The summed E-state index contributed by atoms with van der Waals surface area (Å²) in [6.45, 7) is 6.83. The second-order valence-corrected chi connectivity index (χ2v) is 7.55. The average Bonchev–Trinajstić information content (AvgIpc) is 3.22. The number of para-hydroxylation sites is 1. The highest BCUT2D eigenvalue weighted by Crippen LogP contribution is 2.25. The van der Waals surface area contributed by atoms with Gasteiger partial charge in [-0.2, -0.15) is 4.98 Å². The van der Waals surface area contributed by atoms with E-state index in [1.165, 1.54) is 0 Å². The second-order valence-electron chi connectivity index (χ2n) is 7.55. The summed E-state index contributed by atoms with van der Waals surface area (Å²) in [4.78, 5) is 30.6. The number of anilines is 1. The molecule has 1 aliphatic heterocycles. The van der Waals surface area contributed by atoms with Crippen LogP contribution in [0.4, 0.5) is 5.69 Å². The van der Waals surface area contributed by atoms with Crippen molar-refractivity contribution in [3.8, 4) is 0 Å². The fourth-order valence-corrected chi connectivity index (χ4v) is 2.84. The molecule has 2 amide bonds. The summed E-state index contributed by atoms with van der Waals surface area (Å²) >= 11 is 0. The van der Waals surface area contributed by atoms with Gasteiger partial charge in [-0.05, 0) is 12.1 Å². The first-order valence-electron chi connectivity index (χ1n) is 8.81. The molecule has 1 aromatic heterocycles. The molecular weight excluding hydrogens is 332 g/mol. The van der Waals surface area contributed by atoms with Crippen LogP contribution < -0.4 is 10.2 Å². The summed E-state index contributed by atoms with van der Waals surface area (Å²) in [5, 5.41) is 6.82. The molecule has 0 spiro atoms. The number of aromatic nitrogens is 2. The number of nitrogens with one attached hydrogen (secondary N) is 1. The van der Waals surface area contributed by atoms with Crippen LogP contribution in [0, 0.1) is 5.92 Å². The fraction of sp³-hybridized carbons (Fsp3) is 0.474. The van der Waals surface area contributed by atoms with Crippen LogP contribution in [-0.2, 0) is 21.4 Å². The predicted octanol–water partition coefficient (Wildman–Crippen LogP) is 2.08. The average molecular weight is 356 g/mol. The van der Waals surface area contributed by atoms with E-state index >= 15 is 0 Å². The van der Waals surface area contributed by atoms with Gasteiger partial charge in [0.15, 0.2) is 5.82 Å². The van der Waals surface area contributed by atoms with Crippen molar-refractivity contribution in [1.29, 1.82) is 0 Å². The van der Waals surface area contributed by atoms with E-state index in [-0.39, 0.29) is 29.6 Å². The number of benzene rings is 1. The van der Waals surface area contributed by atoms with Crippen LogP contribution in [0.25, 0.3) is 0 Å². The van der Waals surface area contributed by atoms with Crippen molar-refractivity contribution in [3.05, 3.63) is 42.0 Å². The number of carbonyl (C=O) groups is 2. The molecule has 2 heterocycles. The lowest BCUT2D eigenvalue weighted by Gasteiger charge is -2.16. The molecule has 0 radical (unpaired) electrons. The Morgan fingerprint density at radius 3 is 2.69 bits per heavy atom. The van der Waals surface area contributed by atoms with Crippen LogP contribution in [0.1, 0.15) is 38.9 Å². The fourth-order valence-electron chi connectivity index (χ4n) is 2.84. The molecule has 1 aromatic carbocycles. The minimum atomic E-state index is -0.335. The van der Waals surface area contributed by atoms with Crippen LogP contribution in [0.3, 0.4) is 0 Å². The number of amides is 2. The molecule has 26 heavy (non-hydrogen) atoms. The molecule has 7 nitrogen and oxygen atoms in total. The summed E-state index contributed by atoms with van der Waals surface area (Å²) in [7, 11) is 0. The third kappa shape index (κ3) is 4.09. The maximum absolute atomic E-state index is 12.4. The van der Waals surface area contributed by atoms with E-state index in [9.17, 15) is 9.59 Å². The van der Waals surface area contributed by atoms with Crippen LogP contribution in [-0.4, -0.2) is 35.0 Å². The van der Waals surface area contributed by atoms with E-state index < -0.39 is 0 Å². The normalized spacial score (nSPS) is 17.6. The van der Waals surface area contributed by atoms with Gasteiger partial charge in [-0.3, -0.25) is 9.59 Å². The van der Waals surface area contributed by atoms with Crippen LogP contribution in [0.5, 0.6) is 0 Å². The summed E-state index contributed by atoms with van der Waals surface area (Å²) < 4.78 is 5.24. The van der Waals surface area contributed by atoms with Gasteiger partial charge in [0.2, 0.25) is 17.7 Å². The van der Waals surface area contributed by atoms with Crippen molar-refractivity contribution in [3.63, 3.8) is 0 Å². The Labute approximate surface area is 152 Å². The third-order valence-corrected chi connectivity index (χ3v) is 4.32. The summed E-state index contributed by atoms with van der Waals surface area (Å²) in [6.07, 6.45) is 0.728. The second kappa shape index (κ2) is 7.27. The molecule has 1 unspecified atom stereocenters. The largest absolute Gasteiger partial charge is 0.355 e. The molecule has 138 valence electrons. The van der Waals surface area contributed by atoms with Gasteiger partial charge in [0.25, 0.3) is 0 Å². The quantitative estimate of drug-likeness (QED) is 0.886. The Morgan fingerprint density at radius 1 is 1.31 bits per heavy atom. The lowest BCUT2D eigenvalue weighted by Crippen LogP contribution is -2.34. The Bertz CT molecular complexity index is 780. The highest BCUT2D eigenvalue weighted by molar-refractivity contribution is 6.00. The van der Waals surface area contributed by atoms with Gasteiger partial charge in [-0.15, -0.1) is 0 Å². The Morgan fingerprint density at radius 2 is 2.04 bits per heavy atom. The lowest BCUT2D eigenvalue weighted by molar-refractivity contribution is -0.126. The van der Waals surface area contributed by atoms with Crippen LogP contribution >= 0.6 is 0 Å². The molecule has 1 N–H and O–H groups in total. The molecule has 1 saturated heterocycles. The standard InChI is InChI=1S/C19H24N4O3/c1-19(2,3)18-21-15(22-26-18)9-10-20-17(25)13-11-16(24)23(12-13)14-7-5-4-6-8-14/h4-8,13H,9-12H2,1-3H3,(H,20,25). The highest BCUT2D eigenvalue weighted by atomic mass is 16.5. The topological polar surface area (TPSA) is 88.3 Å². The predicted molar refractivity (Wildman–Crippen MR) is 96.6 cm³/mol. The molecule has 0 aliphatic carbocycles. The first-order chi connectivity index (χ1) is 12.3. The van der Waals surface area contributed by atoms with Crippen LogP contribution in [0.15, 0.2) is 34.9 Å². The summed E-state index contributed by atoms with van der Waals surface area (Å²) in [5.74, 6) is 0.682. The molecule has 7 heteroatoms. The molecule has 1 fully saturated rings. The molecule has 0 bridgehead atoms. The van der Waals surface area contributed by atoms with Crippen molar-refractivity contribution in [2.45, 2.75) is 39.0 Å². The molecule has 1 aliphatic rings. The van der Waals surface area contributed by atoms with Crippen molar-refractivity contribution >= 4 is 17.5 Å². The zero-order valence-corrected chi connectivity index (χ0v) is 15.4. The minimum absolute atomic E-state index is 0.0238. The van der Waals surface area contributed by atoms with Crippen molar-refractivity contribution in [1.82, 2.24) is 15.5 Å². The lowest BCUT2D eigenvalue weighted by atomic mass is 9.97. The van der Waals surface area contributed by atoms with E-state index in [4.69, 9.17) is 4.52 Å². The first-order valence-corrected chi connectivity index (χ1v) is 8.81. The van der Waals surface area contributed by atoms with E-state index in [1.807, 2.05) is 51.1 Å². The van der Waals surface area contributed by atoms with Gasteiger partial charge in [-0.1, -0.05) is 44.1 Å². The minimum Gasteiger partial charge on any atom is -0.355 e. The maximum atomic E-state index is 12.4. The van der Waals surface area contributed by atoms with E-state index in [0.29, 0.717) is 31.2 Å². The van der Waals surface area contributed by atoms with Gasteiger partial charge in [-0.25, -0.2) is 0 Å². The van der Waals surface area contributed by atoms with Crippen molar-refractivity contribution in [2.24, 2.45) is 5.92 Å². The number of hydrogen-bond acceptors (Lipinski definition) is 5. The number of nitrogens with zero attached hydrogens (tertiary/aromatic N) is 3. The molecule has 2 aromatic rings. The Hall–Kier alpha value is -2.70. The third-order valence-electron chi connectivity index (χ3n) is 4.32. The van der Waals surface area contributed by atoms with Gasteiger partial charge >= 0.3 is 0 Å². The number of hydrogen-bond donors (Lipinski definition) is 1. The molecule has 3 rings (SSSR count). The summed E-state index contributed by atoms with van der Waals surface area (Å²) in [5.41, 5.74) is 0.633. The van der Waals surface area contributed by atoms with E-state index in [2.05, 4.69) is 15.5 Å². The zero-order chi connectivity index (χ0) is 18.7. The molecule has 1 atom stereocenters. The van der Waals surface area contributed by atoms with E-state index in [1.54, 1.807) is 4.90 Å². The SMILES string of the molecule is CC(C)(C)c1nc(CCNC(=O)C2CC(=O)N(c3ccccc3)C2)no1. The zero-order valence-electron chi connectivity index (χ0n) is 15.4. The first kappa shape index (κ1) is 18.1. The van der Waals surface area contributed by atoms with Crippen LogP contribution in [0.2, 0.25) is 0 Å². The van der Waals surface area contributed by atoms with Gasteiger partial charge in [0.1, 0.15) is 0 Å². The monoisotopic (exact) mass is 356 g/mol. The smallest absolute Gasteiger partial charge is 0.232 e. The molecule has 0 saturated carbocycles. The van der Waals surface area contributed by atoms with Gasteiger partial charge < -0.3 is 14.7 Å². The van der Waals surface area contributed by atoms with Crippen molar-refractivity contribution in [2.75, 3.05) is 18.0 Å². The maximum Gasteiger partial charge on any atom is 0.232 e.